The standard InChI is InChI=1S/C19H29N3O6S/c1-4-10(24)6-21-17(25)12-5-11(7-20-12)29-16-8(2)14-13(9(3)23)18(26)22(14)15(16)19(27)28/h8-14,20,23-24H,4-7H2,1-3H3,(H,21,25)(H,27,28)/t8-,9-,10+,11+,12+,13-,14-/m1/s1. The Morgan fingerprint density at radius 2 is 2.07 bits per heavy atom. The van der Waals surface area contributed by atoms with Crippen LogP contribution in [0.4, 0.5) is 0 Å². The van der Waals surface area contributed by atoms with Gasteiger partial charge in [0, 0.05) is 29.2 Å². The predicted molar refractivity (Wildman–Crippen MR) is 107 cm³/mol. The van der Waals surface area contributed by atoms with Crippen molar-refractivity contribution >= 4 is 29.5 Å². The van der Waals surface area contributed by atoms with Crippen LogP contribution in [0.25, 0.3) is 0 Å². The lowest BCUT2D eigenvalue weighted by Crippen LogP contribution is -2.63. The molecule has 10 heteroatoms. The number of carboxylic acid groups (broad SMARTS) is 1. The van der Waals surface area contributed by atoms with Crippen molar-refractivity contribution in [3.63, 3.8) is 0 Å². The van der Waals surface area contributed by atoms with Crippen LogP contribution in [0, 0.1) is 11.8 Å². The number of amides is 2. The Bertz CT molecular complexity index is 727. The number of hydrogen-bond donors (Lipinski definition) is 5. The lowest BCUT2D eigenvalue weighted by molar-refractivity contribution is -0.163. The molecule has 0 aliphatic carbocycles. The van der Waals surface area contributed by atoms with Crippen LogP contribution < -0.4 is 10.6 Å². The van der Waals surface area contributed by atoms with Gasteiger partial charge in [-0.3, -0.25) is 9.59 Å². The fraction of sp³-hybridized carbons (Fsp3) is 0.737. The summed E-state index contributed by atoms with van der Waals surface area (Å²) in [5.74, 6) is -2.44. The number of aliphatic carboxylic acids is 1. The first-order valence-corrected chi connectivity index (χ1v) is 10.9. The normalized spacial score (nSPS) is 33.3. The van der Waals surface area contributed by atoms with Crippen molar-refractivity contribution in [2.45, 2.75) is 63.2 Å². The highest BCUT2D eigenvalue weighted by molar-refractivity contribution is 8.03. The number of carbonyl (C=O) groups excluding carboxylic acids is 2. The van der Waals surface area contributed by atoms with Gasteiger partial charge in [-0.2, -0.15) is 0 Å². The van der Waals surface area contributed by atoms with Crippen LogP contribution in [0.2, 0.25) is 0 Å². The molecule has 3 rings (SSSR count). The van der Waals surface area contributed by atoms with E-state index in [-0.39, 0.29) is 41.3 Å². The van der Waals surface area contributed by atoms with Crippen molar-refractivity contribution < 1.29 is 29.7 Å². The average Bonchev–Trinajstić information content (AvgIpc) is 3.22. The van der Waals surface area contributed by atoms with Crippen molar-refractivity contribution in [1.82, 2.24) is 15.5 Å². The molecule has 0 spiro atoms. The Hall–Kier alpha value is -1.62. The Kier molecular flexibility index (Phi) is 6.57. The molecule has 9 nitrogen and oxygen atoms in total. The van der Waals surface area contributed by atoms with Crippen LogP contribution in [-0.4, -0.2) is 80.6 Å². The first-order valence-electron chi connectivity index (χ1n) is 10.0. The van der Waals surface area contributed by atoms with E-state index in [9.17, 15) is 29.7 Å². The first kappa shape index (κ1) is 22.1. The van der Waals surface area contributed by atoms with Gasteiger partial charge < -0.3 is 30.9 Å². The molecule has 0 aromatic rings. The maximum absolute atomic E-state index is 12.4. The summed E-state index contributed by atoms with van der Waals surface area (Å²) >= 11 is 1.40. The molecular formula is C19H29N3O6S. The molecular weight excluding hydrogens is 398 g/mol. The van der Waals surface area contributed by atoms with E-state index in [4.69, 9.17) is 0 Å². The highest BCUT2D eigenvalue weighted by atomic mass is 32.2. The van der Waals surface area contributed by atoms with E-state index in [0.29, 0.717) is 24.3 Å². The van der Waals surface area contributed by atoms with E-state index in [1.807, 2.05) is 13.8 Å². The van der Waals surface area contributed by atoms with Crippen LogP contribution in [0.15, 0.2) is 10.6 Å². The van der Waals surface area contributed by atoms with E-state index in [0.717, 1.165) is 0 Å². The van der Waals surface area contributed by atoms with Crippen molar-refractivity contribution in [1.29, 1.82) is 0 Å². The molecule has 3 heterocycles. The summed E-state index contributed by atoms with van der Waals surface area (Å²) in [6, 6.07) is -0.730. The fourth-order valence-electron chi connectivity index (χ4n) is 4.34. The first-order chi connectivity index (χ1) is 13.7. The summed E-state index contributed by atoms with van der Waals surface area (Å²) in [7, 11) is 0. The number of aliphatic hydroxyl groups is 2. The molecule has 29 heavy (non-hydrogen) atoms. The zero-order chi connectivity index (χ0) is 21.5. The summed E-state index contributed by atoms with van der Waals surface area (Å²) in [6.07, 6.45) is -0.312. The van der Waals surface area contributed by atoms with Gasteiger partial charge >= 0.3 is 5.97 Å². The number of fused-ring (bicyclic) bond motifs is 1. The van der Waals surface area contributed by atoms with Gasteiger partial charge in [-0.05, 0) is 19.8 Å². The lowest BCUT2D eigenvalue weighted by Gasteiger charge is -2.46. The van der Waals surface area contributed by atoms with Crippen molar-refractivity contribution in [2.24, 2.45) is 11.8 Å². The molecule has 0 saturated carbocycles. The number of aliphatic hydroxyl groups excluding tert-OH is 2. The maximum atomic E-state index is 12.4. The van der Waals surface area contributed by atoms with Gasteiger partial charge in [0.1, 0.15) is 5.70 Å². The third kappa shape index (κ3) is 4.03. The van der Waals surface area contributed by atoms with Gasteiger partial charge in [-0.25, -0.2) is 4.79 Å². The van der Waals surface area contributed by atoms with Gasteiger partial charge in [0.05, 0.1) is 30.2 Å². The van der Waals surface area contributed by atoms with Crippen LogP contribution in [0.3, 0.4) is 0 Å². The topological polar surface area (TPSA) is 139 Å². The Morgan fingerprint density at radius 3 is 2.66 bits per heavy atom. The monoisotopic (exact) mass is 427 g/mol. The number of thioether (sulfide) groups is 1. The molecule has 0 aromatic carbocycles. The number of carbonyl (C=O) groups is 3. The second-order valence-corrected chi connectivity index (χ2v) is 9.36. The maximum Gasteiger partial charge on any atom is 0.353 e. The quantitative estimate of drug-likeness (QED) is 0.327. The van der Waals surface area contributed by atoms with Crippen LogP contribution in [0.5, 0.6) is 0 Å². The Balaban J connectivity index is 1.66. The van der Waals surface area contributed by atoms with Crippen LogP contribution in [-0.2, 0) is 14.4 Å². The highest BCUT2D eigenvalue weighted by Crippen LogP contribution is 2.51. The summed E-state index contributed by atoms with van der Waals surface area (Å²) in [6.45, 7) is 6.02. The highest BCUT2D eigenvalue weighted by Gasteiger charge is 2.60. The van der Waals surface area contributed by atoms with E-state index in [1.165, 1.54) is 16.7 Å². The third-order valence-corrected chi connectivity index (χ3v) is 7.51. The van der Waals surface area contributed by atoms with Crippen molar-refractivity contribution in [2.75, 3.05) is 13.1 Å². The Morgan fingerprint density at radius 1 is 1.38 bits per heavy atom. The zero-order valence-electron chi connectivity index (χ0n) is 16.8. The molecule has 0 radical (unpaired) electrons. The van der Waals surface area contributed by atoms with E-state index < -0.39 is 30.1 Å². The third-order valence-electron chi connectivity index (χ3n) is 5.99. The van der Waals surface area contributed by atoms with Gasteiger partial charge in [-0.1, -0.05) is 13.8 Å². The molecule has 7 atom stereocenters. The predicted octanol–water partition coefficient (Wildman–Crippen LogP) is -0.509. The molecule has 3 aliphatic heterocycles. The summed E-state index contributed by atoms with van der Waals surface area (Å²) < 4.78 is 0. The molecule has 0 unspecified atom stereocenters. The second kappa shape index (κ2) is 8.63. The Labute approximate surface area is 173 Å². The number of nitrogens with one attached hydrogen (secondary N) is 2. The lowest BCUT2D eigenvalue weighted by atomic mass is 9.79. The molecule has 162 valence electrons. The number of β-lactam (4-membered cyclic amide) rings is 1. The second-order valence-electron chi connectivity index (χ2n) is 8.02. The van der Waals surface area contributed by atoms with E-state index in [1.54, 1.807) is 6.92 Å². The van der Waals surface area contributed by atoms with Crippen molar-refractivity contribution in [3.05, 3.63) is 10.6 Å². The van der Waals surface area contributed by atoms with Crippen LogP contribution in [0.1, 0.15) is 33.6 Å². The largest absolute Gasteiger partial charge is 0.477 e. The minimum Gasteiger partial charge on any atom is -0.477 e. The smallest absolute Gasteiger partial charge is 0.353 e. The number of hydrogen-bond acceptors (Lipinski definition) is 7. The molecule has 2 saturated heterocycles. The molecule has 5 N–H and O–H groups in total. The minimum atomic E-state index is -1.15. The number of nitrogens with zero attached hydrogens (tertiary/aromatic N) is 1. The van der Waals surface area contributed by atoms with E-state index in [2.05, 4.69) is 10.6 Å². The average molecular weight is 428 g/mol. The molecule has 2 amide bonds. The minimum absolute atomic E-state index is 0.00699. The fourth-order valence-corrected chi connectivity index (χ4v) is 5.82. The summed E-state index contributed by atoms with van der Waals surface area (Å²) in [4.78, 5) is 38.5. The van der Waals surface area contributed by atoms with Crippen LogP contribution >= 0.6 is 11.8 Å². The molecule has 0 aromatic heterocycles. The van der Waals surface area contributed by atoms with Gasteiger partial charge in [-0.15, -0.1) is 11.8 Å². The molecule has 0 bridgehead atoms. The molecule has 3 aliphatic rings. The number of rotatable bonds is 8. The van der Waals surface area contributed by atoms with Gasteiger partial charge in [0.25, 0.3) is 0 Å². The zero-order valence-corrected chi connectivity index (χ0v) is 17.6. The van der Waals surface area contributed by atoms with Gasteiger partial charge in [0.2, 0.25) is 11.8 Å². The number of carboxylic acids is 1. The van der Waals surface area contributed by atoms with Gasteiger partial charge in [0.15, 0.2) is 0 Å². The SMILES string of the molecule is CC[C@H](O)CNC(=O)[C@@H]1C[C@H](SC2=C(C(=O)O)N3C(=O)[C@H]([C@@H](C)O)[C@H]3[C@H]2C)CN1. The molecule has 2 fully saturated rings. The summed E-state index contributed by atoms with van der Waals surface area (Å²) in [5, 5.41) is 35.1. The van der Waals surface area contributed by atoms with E-state index >= 15 is 0 Å². The van der Waals surface area contributed by atoms with Crippen molar-refractivity contribution in [3.8, 4) is 0 Å². The summed E-state index contributed by atoms with van der Waals surface area (Å²) in [5.41, 5.74) is 0.00775.